The minimum Gasteiger partial charge on any atom is -0.339 e. The number of hydrogen-bond donors (Lipinski definition) is 1. The summed E-state index contributed by atoms with van der Waals surface area (Å²) in [7, 11) is 1.67. The molecule has 0 aliphatic heterocycles. The second-order valence-electron chi connectivity index (χ2n) is 5.92. The number of aryl methyl sites for hydroxylation is 1. The first kappa shape index (κ1) is 15.0. The van der Waals surface area contributed by atoms with Crippen LogP contribution in [0.25, 0.3) is 0 Å². The zero-order valence-corrected chi connectivity index (χ0v) is 13.5. The first-order valence-corrected chi connectivity index (χ1v) is 7.67. The topological polar surface area (TPSA) is 85.8 Å². The summed E-state index contributed by atoms with van der Waals surface area (Å²) in [6, 6.07) is -0.363. The highest BCUT2D eigenvalue weighted by Gasteiger charge is 2.32. The second-order valence-corrected chi connectivity index (χ2v) is 6.33. The molecule has 2 heterocycles. The van der Waals surface area contributed by atoms with Crippen molar-refractivity contribution in [3.63, 3.8) is 0 Å². The third kappa shape index (κ3) is 2.85. The maximum atomic E-state index is 12.4. The molecule has 1 N–H and O–H groups in total. The zero-order valence-electron chi connectivity index (χ0n) is 12.7. The standard InChI is InChI=1S/C14H18ClN5O2/c1-7(2)10(14-18-12(19-22-14)8-4-5-8)17-13(21)11-9(15)6-16-20(11)3/h6-8,10H,4-5H2,1-3H3,(H,17,21). The van der Waals surface area contributed by atoms with E-state index in [1.807, 2.05) is 13.8 Å². The van der Waals surface area contributed by atoms with Crippen LogP contribution in [0.15, 0.2) is 10.7 Å². The smallest absolute Gasteiger partial charge is 0.271 e. The average Bonchev–Trinajstić information content (AvgIpc) is 3.11. The summed E-state index contributed by atoms with van der Waals surface area (Å²) in [6.07, 6.45) is 3.64. The van der Waals surface area contributed by atoms with Crippen LogP contribution in [-0.4, -0.2) is 25.8 Å². The molecular weight excluding hydrogens is 306 g/mol. The molecule has 7 nitrogen and oxygen atoms in total. The Morgan fingerprint density at radius 3 is 2.77 bits per heavy atom. The van der Waals surface area contributed by atoms with Crippen molar-refractivity contribution < 1.29 is 9.32 Å². The molecular formula is C14H18ClN5O2. The lowest BCUT2D eigenvalue weighted by Gasteiger charge is -2.18. The molecule has 0 radical (unpaired) electrons. The number of hydrogen-bond acceptors (Lipinski definition) is 5. The van der Waals surface area contributed by atoms with Gasteiger partial charge in [-0.1, -0.05) is 30.6 Å². The van der Waals surface area contributed by atoms with Gasteiger partial charge in [0.15, 0.2) is 5.82 Å². The average molecular weight is 324 g/mol. The molecule has 118 valence electrons. The molecule has 0 aromatic carbocycles. The second kappa shape index (κ2) is 5.72. The van der Waals surface area contributed by atoms with Crippen molar-refractivity contribution in [2.45, 2.75) is 38.6 Å². The van der Waals surface area contributed by atoms with Crippen molar-refractivity contribution in [2.75, 3.05) is 0 Å². The summed E-state index contributed by atoms with van der Waals surface area (Å²) in [5, 5.41) is 11.2. The van der Waals surface area contributed by atoms with E-state index in [0.717, 1.165) is 18.7 Å². The van der Waals surface area contributed by atoms with Gasteiger partial charge in [-0.3, -0.25) is 9.48 Å². The van der Waals surface area contributed by atoms with Crippen LogP contribution >= 0.6 is 11.6 Å². The Labute approximate surface area is 133 Å². The van der Waals surface area contributed by atoms with Crippen LogP contribution in [0.2, 0.25) is 5.02 Å². The largest absolute Gasteiger partial charge is 0.339 e. The monoisotopic (exact) mass is 323 g/mol. The Kier molecular flexibility index (Phi) is 3.90. The van der Waals surface area contributed by atoms with E-state index in [9.17, 15) is 4.79 Å². The van der Waals surface area contributed by atoms with Crippen molar-refractivity contribution in [1.29, 1.82) is 0 Å². The van der Waals surface area contributed by atoms with E-state index >= 15 is 0 Å². The lowest BCUT2D eigenvalue weighted by Crippen LogP contribution is -2.33. The van der Waals surface area contributed by atoms with E-state index < -0.39 is 0 Å². The summed E-state index contributed by atoms with van der Waals surface area (Å²) in [4.78, 5) is 16.9. The molecule has 8 heteroatoms. The lowest BCUT2D eigenvalue weighted by atomic mass is 10.0. The maximum absolute atomic E-state index is 12.4. The molecule has 2 aromatic heterocycles. The van der Waals surface area contributed by atoms with Crippen LogP contribution in [0, 0.1) is 5.92 Å². The fourth-order valence-electron chi connectivity index (χ4n) is 2.27. The number of amides is 1. The molecule has 1 saturated carbocycles. The van der Waals surface area contributed by atoms with Crippen LogP contribution in [0.5, 0.6) is 0 Å². The van der Waals surface area contributed by atoms with Crippen molar-refractivity contribution in [2.24, 2.45) is 13.0 Å². The molecule has 0 saturated heterocycles. The van der Waals surface area contributed by atoms with Crippen molar-refractivity contribution in [3.05, 3.63) is 28.6 Å². The number of halogens is 1. The van der Waals surface area contributed by atoms with E-state index in [1.54, 1.807) is 7.05 Å². The molecule has 1 amide bonds. The van der Waals surface area contributed by atoms with Gasteiger partial charge in [-0.15, -0.1) is 0 Å². The summed E-state index contributed by atoms with van der Waals surface area (Å²) in [6.45, 7) is 3.97. The molecule has 1 aliphatic carbocycles. The van der Waals surface area contributed by atoms with E-state index in [2.05, 4.69) is 20.6 Å². The molecule has 1 atom stereocenters. The Morgan fingerprint density at radius 1 is 1.50 bits per heavy atom. The van der Waals surface area contributed by atoms with Gasteiger partial charge in [0, 0.05) is 13.0 Å². The van der Waals surface area contributed by atoms with Gasteiger partial charge in [0.1, 0.15) is 11.7 Å². The summed E-state index contributed by atoms with van der Waals surface area (Å²) in [5.41, 5.74) is 0.314. The summed E-state index contributed by atoms with van der Waals surface area (Å²) >= 11 is 6.01. The number of aromatic nitrogens is 4. The molecule has 0 spiro atoms. The third-order valence-electron chi connectivity index (χ3n) is 3.73. The van der Waals surface area contributed by atoms with Crippen molar-refractivity contribution >= 4 is 17.5 Å². The molecule has 3 rings (SSSR count). The predicted molar refractivity (Wildman–Crippen MR) is 79.5 cm³/mol. The molecule has 0 bridgehead atoms. The third-order valence-corrected chi connectivity index (χ3v) is 4.01. The highest BCUT2D eigenvalue weighted by atomic mass is 35.5. The fraction of sp³-hybridized carbons (Fsp3) is 0.571. The first-order valence-electron chi connectivity index (χ1n) is 7.29. The number of carbonyl (C=O) groups excluding carboxylic acids is 1. The number of carbonyl (C=O) groups is 1. The SMILES string of the molecule is CC(C)C(NC(=O)c1c(Cl)cnn1C)c1nc(C2CC2)no1. The minimum absolute atomic E-state index is 0.100. The molecule has 1 unspecified atom stereocenters. The van der Waals surface area contributed by atoms with Gasteiger partial charge in [0.05, 0.1) is 11.2 Å². The highest BCUT2D eigenvalue weighted by molar-refractivity contribution is 6.33. The molecule has 1 aliphatic rings. The Balaban J connectivity index is 1.80. The van der Waals surface area contributed by atoms with Crippen molar-refractivity contribution in [3.8, 4) is 0 Å². The molecule has 22 heavy (non-hydrogen) atoms. The summed E-state index contributed by atoms with van der Waals surface area (Å²) < 4.78 is 6.78. The number of nitrogens with one attached hydrogen (secondary N) is 1. The predicted octanol–water partition coefficient (Wildman–Crippen LogP) is 2.46. The van der Waals surface area contributed by atoms with E-state index in [1.165, 1.54) is 10.9 Å². The lowest BCUT2D eigenvalue weighted by molar-refractivity contribution is 0.0904. The minimum atomic E-state index is -0.363. The maximum Gasteiger partial charge on any atom is 0.271 e. The Hall–Kier alpha value is -1.89. The van der Waals surface area contributed by atoms with Gasteiger partial charge >= 0.3 is 0 Å². The fourth-order valence-corrected chi connectivity index (χ4v) is 2.52. The van der Waals surface area contributed by atoms with Gasteiger partial charge in [-0.2, -0.15) is 10.1 Å². The van der Waals surface area contributed by atoms with Crippen LogP contribution in [0.1, 0.15) is 60.9 Å². The van der Waals surface area contributed by atoms with Gasteiger partial charge in [0.2, 0.25) is 5.89 Å². The highest BCUT2D eigenvalue weighted by Crippen LogP contribution is 2.38. The number of nitrogens with zero attached hydrogens (tertiary/aromatic N) is 4. The van der Waals surface area contributed by atoms with Gasteiger partial charge in [-0.05, 0) is 18.8 Å². The van der Waals surface area contributed by atoms with Crippen LogP contribution in [0.4, 0.5) is 0 Å². The molecule has 1 fully saturated rings. The van der Waals surface area contributed by atoms with Crippen LogP contribution in [0.3, 0.4) is 0 Å². The summed E-state index contributed by atoms with van der Waals surface area (Å²) in [5.74, 6) is 1.36. The molecule has 2 aromatic rings. The van der Waals surface area contributed by atoms with Gasteiger partial charge in [0.25, 0.3) is 5.91 Å². The Morgan fingerprint density at radius 2 is 2.23 bits per heavy atom. The van der Waals surface area contributed by atoms with Crippen LogP contribution < -0.4 is 5.32 Å². The van der Waals surface area contributed by atoms with E-state index in [0.29, 0.717) is 22.5 Å². The zero-order chi connectivity index (χ0) is 15.9. The number of rotatable bonds is 5. The van der Waals surface area contributed by atoms with Crippen molar-refractivity contribution in [1.82, 2.24) is 25.2 Å². The van der Waals surface area contributed by atoms with Crippen LogP contribution in [-0.2, 0) is 7.05 Å². The Bertz CT molecular complexity index is 670. The van der Waals surface area contributed by atoms with Gasteiger partial charge in [-0.25, -0.2) is 0 Å². The first-order chi connectivity index (χ1) is 10.5. The van der Waals surface area contributed by atoms with E-state index in [-0.39, 0.29) is 17.9 Å². The normalized spacial score (nSPS) is 16.0. The quantitative estimate of drug-likeness (QED) is 0.913. The van der Waals surface area contributed by atoms with Gasteiger partial charge < -0.3 is 9.84 Å². The van der Waals surface area contributed by atoms with E-state index in [4.69, 9.17) is 16.1 Å².